The maximum Gasteiger partial charge on any atom is 0.276 e. The van der Waals surface area contributed by atoms with Crippen LogP contribution < -0.4 is 15.2 Å². The van der Waals surface area contributed by atoms with Crippen molar-refractivity contribution in [2.75, 3.05) is 13.1 Å². The molecule has 5 nitrogen and oxygen atoms in total. The lowest BCUT2D eigenvalue weighted by Gasteiger charge is -2.18. The van der Waals surface area contributed by atoms with Gasteiger partial charge in [-0.15, -0.1) is 0 Å². The van der Waals surface area contributed by atoms with Crippen molar-refractivity contribution in [3.8, 4) is 0 Å². The van der Waals surface area contributed by atoms with Gasteiger partial charge in [0.2, 0.25) is 0 Å². The van der Waals surface area contributed by atoms with Gasteiger partial charge >= 0.3 is 0 Å². The third kappa shape index (κ3) is 8.17. The fourth-order valence-corrected chi connectivity index (χ4v) is 1.71. The molecule has 0 aliphatic carbocycles. The predicted molar refractivity (Wildman–Crippen MR) is 53.5 cm³/mol. The average Bonchev–Trinajstić information content (AvgIpc) is 1.97. The van der Waals surface area contributed by atoms with Crippen LogP contribution in [0.15, 0.2) is 0 Å². The van der Waals surface area contributed by atoms with Crippen LogP contribution in [0.25, 0.3) is 0 Å². The van der Waals surface area contributed by atoms with E-state index in [1.54, 1.807) is 13.8 Å². The van der Waals surface area contributed by atoms with Gasteiger partial charge in [-0.05, 0) is 20.3 Å². The van der Waals surface area contributed by atoms with Crippen LogP contribution in [-0.2, 0) is 10.2 Å². The van der Waals surface area contributed by atoms with Gasteiger partial charge < -0.3 is 5.73 Å². The van der Waals surface area contributed by atoms with Crippen LogP contribution in [0.1, 0.15) is 27.2 Å². The summed E-state index contributed by atoms with van der Waals surface area (Å²) >= 11 is 0. The summed E-state index contributed by atoms with van der Waals surface area (Å²) in [4.78, 5) is 0. The van der Waals surface area contributed by atoms with E-state index in [1.807, 2.05) is 6.92 Å². The zero-order valence-electron chi connectivity index (χ0n) is 8.42. The normalized spacial score (nSPS) is 13.2. The van der Waals surface area contributed by atoms with Crippen LogP contribution in [0.3, 0.4) is 0 Å². The SMILES string of the molecule is CCCNS(=O)(=O)NCC(C)(C)N. The van der Waals surface area contributed by atoms with Gasteiger partial charge in [0.25, 0.3) is 10.2 Å². The van der Waals surface area contributed by atoms with E-state index in [4.69, 9.17) is 5.73 Å². The molecule has 0 rings (SSSR count). The Morgan fingerprint density at radius 2 is 1.85 bits per heavy atom. The maximum absolute atomic E-state index is 11.2. The van der Waals surface area contributed by atoms with Gasteiger partial charge in [-0.2, -0.15) is 8.42 Å². The molecule has 0 atom stereocenters. The van der Waals surface area contributed by atoms with Gasteiger partial charge in [0.15, 0.2) is 0 Å². The minimum Gasteiger partial charge on any atom is -0.324 e. The Morgan fingerprint density at radius 3 is 2.23 bits per heavy atom. The quantitative estimate of drug-likeness (QED) is 0.554. The molecule has 0 heterocycles. The van der Waals surface area contributed by atoms with Gasteiger partial charge in [0, 0.05) is 18.6 Å². The van der Waals surface area contributed by atoms with Crippen molar-refractivity contribution in [2.45, 2.75) is 32.7 Å². The predicted octanol–water partition coefficient (Wildman–Crippen LogP) is -0.442. The monoisotopic (exact) mass is 209 g/mol. The third-order valence-corrected chi connectivity index (χ3v) is 2.37. The summed E-state index contributed by atoms with van der Waals surface area (Å²) in [7, 11) is -3.36. The summed E-state index contributed by atoms with van der Waals surface area (Å²) in [5.74, 6) is 0. The molecule has 0 aliphatic heterocycles. The minimum atomic E-state index is -3.36. The number of nitrogens with two attached hydrogens (primary N) is 1. The van der Waals surface area contributed by atoms with Crippen LogP contribution in [-0.4, -0.2) is 27.0 Å². The fourth-order valence-electron chi connectivity index (χ4n) is 0.568. The second kappa shape index (κ2) is 4.90. The molecule has 4 N–H and O–H groups in total. The first-order valence-corrected chi connectivity index (χ1v) is 5.78. The molecule has 0 unspecified atom stereocenters. The minimum absolute atomic E-state index is 0.228. The standard InChI is InChI=1S/C7H19N3O2S/c1-4-5-9-13(11,12)10-6-7(2,3)8/h9-10H,4-6,8H2,1-3H3. The highest BCUT2D eigenvalue weighted by molar-refractivity contribution is 7.87. The van der Waals surface area contributed by atoms with Crippen molar-refractivity contribution in [3.63, 3.8) is 0 Å². The van der Waals surface area contributed by atoms with E-state index in [2.05, 4.69) is 9.44 Å². The summed E-state index contributed by atoms with van der Waals surface area (Å²) in [6.07, 6.45) is 0.771. The lowest BCUT2D eigenvalue weighted by molar-refractivity contribution is 0.493. The molecule has 0 aromatic rings. The Morgan fingerprint density at radius 1 is 1.31 bits per heavy atom. The fraction of sp³-hybridized carbons (Fsp3) is 1.00. The summed E-state index contributed by atoms with van der Waals surface area (Å²) < 4.78 is 27.1. The molecule has 0 saturated carbocycles. The smallest absolute Gasteiger partial charge is 0.276 e. The van der Waals surface area contributed by atoms with E-state index in [0.717, 1.165) is 6.42 Å². The van der Waals surface area contributed by atoms with E-state index in [0.29, 0.717) is 6.54 Å². The number of rotatable bonds is 6. The summed E-state index contributed by atoms with van der Waals surface area (Å²) in [5, 5.41) is 0. The second-order valence-corrected chi connectivity index (χ2v) is 5.29. The number of hydrogen-bond donors (Lipinski definition) is 3. The lowest BCUT2D eigenvalue weighted by Crippen LogP contribution is -2.48. The van der Waals surface area contributed by atoms with E-state index in [-0.39, 0.29) is 6.54 Å². The Balaban J connectivity index is 3.91. The molecule has 0 aromatic carbocycles. The van der Waals surface area contributed by atoms with E-state index in [9.17, 15) is 8.42 Å². The van der Waals surface area contributed by atoms with Gasteiger partial charge in [-0.3, -0.25) is 0 Å². The molecule has 0 spiro atoms. The highest BCUT2D eigenvalue weighted by Gasteiger charge is 2.15. The van der Waals surface area contributed by atoms with Crippen molar-refractivity contribution < 1.29 is 8.42 Å². The molecule has 6 heteroatoms. The second-order valence-electron chi connectivity index (χ2n) is 3.71. The largest absolute Gasteiger partial charge is 0.324 e. The first-order valence-electron chi connectivity index (χ1n) is 4.30. The molecular weight excluding hydrogens is 190 g/mol. The van der Waals surface area contributed by atoms with Gasteiger partial charge in [0.1, 0.15) is 0 Å². The third-order valence-electron chi connectivity index (χ3n) is 1.26. The Kier molecular flexibility index (Phi) is 4.83. The molecule has 0 bridgehead atoms. The van der Waals surface area contributed by atoms with Crippen molar-refractivity contribution in [2.24, 2.45) is 5.73 Å². The molecule has 0 radical (unpaired) electrons. The van der Waals surface area contributed by atoms with Gasteiger partial charge in [-0.1, -0.05) is 6.92 Å². The molecule has 0 saturated heterocycles. The number of hydrogen-bond acceptors (Lipinski definition) is 3. The Bertz CT molecular complexity index is 231. The zero-order valence-corrected chi connectivity index (χ0v) is 9.24. The van der Waals surface area contributed by atoms with E-state index < -0.39 is 15.7 Å². The molecule has 13 heavy (non-hydrogen) atoms. The maximum atomic E-state index is 11.2. The Labute approximate surface area is 80.3 Å². The van der Waals surface area contributed by atoms with E-state index in [1.165, 1.54) is 0 Å². The molecule has 0 amide bonds. The first kappa shape index (κ1) is 12.8. The highest BCUT2D eigenvalue weighted by Crippen LogP contribution is 1.93. The van der Waals surface area contributed by atoms with Crippen LogP contribution in [0.2, 0.25) is 0 Å². The topological polar surface area (TPSA) is 84.2 Å². The zero-order chi connectivity index (χ0) is 10.5. The molecule has 0 fully saturated rings. The van der Waals surface area contributed by atoms with Crippen molar-refractivity contribution in [1.29, 1.82) is 0 Å². The van der Waals surface area contributed by atoms with E-state index >= 15 is 0 Å². The van der Waals surface area contributed by atoms with Gasteiger partial charge in [-0.25, -0.2) is 9.44 Å². The van der Waals surface area contributed by atoms with Crippen LogP contribution in [0, 0.1) is 0 Å². The molecular formula is C7H19N3O2S. The average molecular weight is 209 g/mol. The molecule has 80 valence electrons. The Hall–Kier alpha value is -0.170. The lowest BCUT2D eigenvalue weighted by atomic mass is 10.1. The van der Waals surface area contributed by atoms with Crippen molar-refractivity contribution >= 4 is 10.2 Å². The summed E-state index contributed by atoms with van der Waals surface area (Å²) in [6, 6.07) is 0. The summed E-state index contributed by atoms with van der Waals surface area (Å²) in [6.45, 7) is 6.09. The molecule has 0 aromatic heterocycles. The highest BCUT2D eigenvalue weighted by atomic mass is 32.2. The number of nitrogens with one attached hydrogen (secondary N) is 2. The van der Waals surface area contributed by atoms with Gasteiger partial charge in [0.05, 0.1) is 0 Å². The molecule has 0 aliphatic rings. The van der Waals surface area contributed by atoms with Crippen molar-refractivity contribution in [1.82, 2.24) is 9.44 Å². The summed E-state index contributed by atoms with van der Waals surface area (Å²) in [5.41, 5.74) is 5.09. The van der Waals surface area contributed by atoms with Crippen LogP contribution >= 0.6 is 0 Å². The first-order chi connectivity index (χ1) is 5.77. The van der Waals surface area contributed by atoms with Crippen LogP contribution in [0.5, 0.6) is 0 Å². The van der Waals surface area contributed by atoms with Crippen LogP contribution in [0.4, 0.5) is 0 Å². The van der Waals surface area contributed by atoms with Crippen molar-refractivity contribution in [3.05, 3.63) is 0 Å².